The van der Waals surface area contributed by atoms with Crippen LogP contribution in [0.15, 0.2) is 60.7 Å². The molecule has 4 heteroatoms. The van der Waals surface area contributed by atoms with Crippen molar-refractivity contribution < 1.29 is 9.53 Å². The van der Waals surface area contributed by atoms with Crippen molar-refractivity contribution in [2.45, 2.75) is 52.1 Å². The van der Waals surface area contributed by atoms with Crippen LogP contribution in [0.3, 0.4) is 0 Å². The van der Waals surface area contributed by atoms with Crippen LogP contribution in [-0.4, -0.2) is 37.0 Å². The second-order valence-electron chi connectivity index (χ2n) is 8.67. The molecule has 1 aliphatic heterocycles. The van der Waals surface area contributed by atoms with E-state index in [2.05, 4.69) is 49.8 Å². The molecular formula is C27H36N2O2. The normalized spacial score (nSPS) is 15.1. The van der Waals surface area contributed by atoms with Gasteiger partial charge in [0, 0.05) is 24.4 Å². The molecule has 0 aliphatic carbocycles. The van der Waals surface area contributed by atoms with Gasteiger partial charge < -0.3 is 15.0 Å². The van der Waals surface area contributed by atoms with Gasteiger partial charge in [0.05, 0.1) is 0 Å². The van der Waals surface area contributed by atoms with Gasteiger partial charge in [0.2, 0.25) is 0 Å². The maximum absolute atomic E-state index is 12.4. The molecule has 2 aromatic rings. The van der Waals surface area contributed by atoms with Gasteiger partial charge in [0.15, 0.2) is 0 Å². The molecule has 166 valence electrons. The van der Waals surface area contributed by atoms with Crippen LogP contribution in [-0.2, 0) is 4.79 Å². The minimum atomic E-state index is -0.0879. The Morgan fingerprint density at radius 3 is 2.13 bits per heavy atom. The van der Waals surface area contributed by atoms with Crippen LogP contribution >= 0.6 is 0 Å². The first-order chi connectivity index (χ1) is 15.0. The van der Waals surface area contributed by atoms with Gasteiger partial charge in [-0.1, -0.05) is 57.5 Å². The third-order valence-electron chi connectivity index (χ3n) is 6.31. The smallest absolute Gasteiger partial charge is 0.250 e. The zero-order chi connectivity index (χ0) is 22.2. The SMILES string of the molecule is C=C(CC(CC)CC)C(=O)Nc1ccc(-c2ccc(OC3CCN(C)CC3)cc2)cc1. The molecule has 1 saturated heterocycles. The van der Waals surface area contributed by atoms with Gasteiger partial charge in [-0.25, -0.2) is 0 Å². The van der Waals surface area contributed by atoms with Crippen molar-refractivity contribution in [1.82, 2.24) is 4.90 Å². The average Bonchev–Trinajstić information content (AvgIpc) is 2.80. The van der Waals surface area contributed by atoms with E-state index in [4.69, 9.17) is 4.74 Å². The molecule has 3 rings (SSSR count). The lowest BCUT2D eigenvalue weighted by atomic mass is 9.95. The van der Waals surface area contributed by atoms with Crippen molar-refractivity contribution in [2.24, 2.45) is 5.92 Å². The summed E-state index contributed by atoms with van der Waals surface area (Å²) in [6.45, 7) is 10.5. The lowest BCUT2D eigenvalue weighted by Gasteiger charge is -2.29. The van der Waals surface area contributed by atoms with Crippen molar-refractivity contribution >= 4 is 11.6 Å². The number of benzene rings is 2. The molecule has 0 atom stereocenters. The lowest BCUT2D eigenvalue weighted by Crippen LogP contribution is -2.35. The Morgan fingerprint density at radius 2 is 1.58 bits per heavy atom. The summed E-state index contributed by atoms with van der Waals surface area (Å²) < 4.78 is 6.14. The first-order valence-electron chi connectivity index (χ1n) is 11.5. The van der Waals surface area contributed by atoms with Gasteiger partial charge in [-0.2, -0.15) is 0 Å². The van der Waals surface area contributed by atoms with Crippen LogP contribution in [0.4, 0.5) is 5.69 Å². The van der Waals surface area contributed by atoms with Crippen molar-refractivity contribution in [3.05, 3.63) is 60.7 Å². The number of nitrogens with zero attached hydrogens (tertiary/aromatic N) is 1. The van der Waals surface area contributed by atoms with E-state index in [1.807, 2.05) is 36.4 Å². The Labute approximate surface area is 187 Å². The fourth-order valence-electron chi connectivity index (χ4n) is 4.01. The maximum atomic E-state index is 12.4. The summed E-state index contributed by atoms with van der Waals surface area (Å²) in [5.74, 6) is 1.36. The Bertz CT molecular complexity index is 846. The highest BCUT2D eigenvalue weighted by atomic mass is 16.5. The van der Waals surface area contributed by atoms with Crippen molar-refractivity contribution in [2.75, 3.05) is 25.5 Å². The van der Waals surface area contributed by atoms with E-state index in [0.717, 1.165) is 67.8 Å². The van der Waals surface area contributed by atoms with E-state index in [1.54, 1.807) is 0 Å². The third kappa shape index (κ3) is 6.70. The monoisotopic (exact) mass is 420 g/mol. The number of carbonyl (C=O) groups is 1. The molecule has 1 amide bonds. The molecule has 0 bridgehead atoms. The predicted molar refractivity (Wildman–Crippen MR) is 129 cm³/mol. The van der Waals surface area contributed by atoms with Crippen LogP contribution in [0.25, 0.3) is 11.1 Å². The average molecular weight is 421 g/mol. The molecular weight excluding hydrogens is 384 g/mol. The molecule has 4 nitrogen and oxygen atoms in total. The van der Waals surface area contributed by atoms with Crippen molar-refractivity contribution in [1.29, 1.82) is 0 Å². The van der Waals surface area contributed by atoms with Gasteiger partial charge in [-0.3, -0.25) is 4.79 Å². The molecule has 0 unspecified atom stereocenters. The molecule has 2 aromatic carbocycles. The summed E-state index contributed by atoms with van der Waals surface area (Å²) in [5.41, 5.74) is 3.69. The Morgan fingerprint density at radius 1 is 1.03 bits per heavy atom. The topological polar surface area (TPSA) is 41.6 Å². The van der Waals surface area contributed by atoms with Gasteiger partial charge in [0.1, 0.15) is 11.9 Å². The highest BCUT2D eigenvalue weighted by molar-refractivity contribution is 6.03. The Kier molecular flexibility index (Phi) is 8.30. The molecule has 0 aromatic heterocycles. The summed E-state index contributed by atoms with van der Waals surface area (Å²) >= 11 is 0. The first-order valence-corrected chi connectivity index (χ1v) is 11.5. The largest absolute Gasteiger partial charge is 0.490 e. The number of nitrogens with one attached hydrogen (secondary N) is 1. The van der Waals surface area contributed by atoms with Crippen molar-refractivity contribution in [3.63, 3.8) is 0 Å². The van der Waals surface area contributed by atoms with E-state index in [0.29, 0.717) is 17.6 Å². The van der Waals surface area contributed by atoms with Crippen LogP contribution in [0.5, 0.6) is 5.75 Å². The van der Waals surface area contributed by atoms with Crippen LogP contribution < -0.4 is 10.1 Å². The van der Waals surface area contributed by atoms with E-state index in [1.165, 1.54) is 0 Å². The van der Waals surface area contributed by atoms with E-state index >= 15 is 0 Å². The number of hydrogen-bond donors (Lipinski definition) is 1. The lowest BCUT2D eigenvalue weighted by molar-refractivity contribution is -0.113. The summed E-state index contributed by atoms with van der Waals surface area (Å²) in [6.07, 6.45) is 5.36. The van der Waals surface area contributed by atoms with Crippen molar-refractivity contribution in [3.8, 4) is 16.9 Å². The second kappa shape index (κ2) is 11.1. The predicted octanol–water partition coefficient (Wildman–Crippen LogP) is 6.15. The number of rotatable bonds is 9. The van der Waals surface area contributed by atoms with Gasteiger partial charge in [0.25, 0.3) is 5.91 Å². The summed E-state index contributed by atoms with van der Waals surface area (Å²) in [6, 6.07) is 16.2. The molecule has 0 radical (unpaired) electrons. The number of amides is 1. The van der Waals surface area contributed by atoms with Crippen LogP contribution in [0.2, 0.25) is 0 Å². The highest BCUT2D eigenvalue weighted by Crippen LogP contribution is 2.26. The molecule has 31 heavy (non-hydrogen) atoms. The molecule has 1 fully saturated rings. The van der Waals surface area contributed by atoms with E-state index < -0.39 is 0 Å². The summed E-state index contributed by atoms with van der Waals surface area (Å²) in [5, 5.41) is 2.97. The molecule has 0 saturated carbocycles. The van der Waals surface area contributed by atoms with Gasteiger partial charge in [-0.05, 0) is 67.6 Å². The number of ether oxygens (including phenoxy) is 1. The fourth-order valence-corrected chi connectivity index (χ4v) is 4.01. The molecule has 1 aliphatic rings. The minimum Gasteiger partial charge on any atom is -0.490 e. The van der Waals surface area contributed by atoms with E-state index in [9.17, 15) is 4.79 Å². The van der Waals surface area contributed by atoms with Gasteiger partial charge >= 0.3 is 0 Å². The molecule has 1 heterocycles. The standard InChI is InChI=1S/C27H36N2O2/c1-5-21(6-2)19-20(3)27(30)28-24-11-7-22(8-12-24)23-9-13-25(14-10-23)31-26-15-17-29(4)18-16-26/h7-14,21,26H,3,5-6,15-19H2,1-2,4H3,(H,28,30). The Balaban J connectivity index is 1.54. The summed E-state index contributed by atoms with van der Waals surface area (Å²) in [7, 11) is 2.16. The zero-order valence-electron chi connectivity index (χ0n) is 19.2. The first kappa shape index (κ1) is 23.1. The second-order valence-corrected chi connectivity index (χ2v) is 8.67. The highest BCUT2D eigenvalue weighted by Gasteiger charge is 2.18. The fraction of sp³-hybridized carbons (Fsp3) is 0.444. The summed E-state index contributed by atoms with van der Waals surface area (Å²) in [4.78, 5) is 14.8. The van der Waals surface area contributed by atoms with E-state index in [-0.39, 0.29) is 5.91 Å². The number of carbonyl (C=O) groups excluding carboxylic acids is 1. The molecule has 0 spiro atoms. The quantitative estimate of drug-likeness (QED) is 0.495. The number of anilines is 1. The Hall–Kier alpha value is -2.59. The number of hydrogen-bond acceptors (Lipinski definition) is 3. The molecule has 1 N–H and O–H groups in total. The third-order valence-corrected chi connectivity index (χ3v) is 6.31. The van der Waals surface area contributed by atoms with Crippen LogP contribution in [0.1, 0.15) is 46.0 Å². The van der Waals surface area contributed by atoms with Gasteiger partial charge in [-0.15, -0.1) is 0 Å². The number of piperidine rings is 1. The van der Waals surface area contributed by atoms with Crippen LogP contribution in [0, 0.1) is 5.92 Å². The number of likely N-dealkylation sites (tertiary alicyclic amines) is 1. The zero-order valence-corrected chi connectivity index (χ0v) is 19.2. The minimum absolute atomic E-state index is 0.0879. The maximum Gasteiger partial charge on any atom is 0.250 e.